The van der Waals surface area contributed by atoms with Crippen LogP contribution in [-0.2, 0) is 0 Å². The minimum atomic E-state index is -0.237. The Bertz CT molecular complexity index is 952. The zero-order valence-electron chi connectivity index (χ0n) is 14.4. The van der Waals surface area contributed by atoms with E-state index in [0.29, 0.717) is 17.2 Å². The fraction of sp³-hybridized carbons (Fsp3) is 0.158. The first-order valence-corrected chi connectivity index (χ1v) is 7.88. The van der Waals surface area contributed by atoms with Gasteiger partial charge in [0.15, 0.2) is 0 Å². The molecule has 0 spiro atoms. The second-order valence-electron chi connectivity index (χ2n) is 5.77. The van der Waals surface area contributed by atoms with Gasteiger partial charge in [0, 0.05) is 30.1 Å². The van der Waals surface area contributed by atoms with Gasteiger partial charge >= 0.3 is 0 Å². The lowest BCUT2D eigenvalue weighted by molar-refractivity contribution is 0.0958. The number of aryl methyl sites for hydroxylation is 2. The predicted molar refractivity (Wildman–Crippen MR) is 98.0 cm³/mol. The van der Waals surface area contributed by atoms with E-state index in [1.165, 1.54) is 0 Å². The summed E-state index contributed by atoms with van der Waals surface area (Å²) in [7, 11) is 1.58. The summed E-state index contributed by atoms with van der Waals surface area (Å²) in [5.74, 6) is 0.409. The Labute approximate surface area is 146 Å². The molecule has 0 radical (unpaired) electrons. The number of nitrogens with one attached hydrogen (secondary N) is 1. The Morgan fingerprint density at radius 1 is 1.04 bits per heavy atom. The first kappa shape index (κ1) is 16.6. The van der Waals surface area contributed by atoms with Crippen LogP contribution >= 0.6 is 0 Å². The Hall–Kier alpha value is -3.28. The van der Waals surface area contributed by atoms with Gasteiger partial charge in [0.1, 0.15) is 11.5 Å². The van der Waals surface area contributed by atoms with Crippen molar-refractivity contribution in [3.63, 3.8) is 0 Å². The number of amides is 1. The molecule has 0 aliphatic rings. The van der Waals surface area contributed by atoms with E-state index < -0.39 is 0 Å². The van der Waals surface area contributed by atoms with E-state index in [2.05, 4.69) is 20.3 Å². The molecule has 0 aliphatic heterocycles. The molecule has 0 unspecified atom stereocenters. The summed E-state index contributed by atoms with van der Waals surface area (Å²) < 4.78 is 0. The third kappa shape index (κ3) is 3.47. The Morgan fingerprint density at radius 2 is 1.80 bits per heavy atom. The summed E-state index contributed by atoms with van der Waals surface area (Å²) in [6.45, 7) is 3.86. The normalized spacial score (nSPS) is 10.5. The fourth-order valence-electron chi connectivity index (χ4n) is 2.61. The van der Waals surface area contributed by atoms with Crippen LogP contribution in [0.1, 0.15) is 21.9 Å². The van der Waals surface area contributed by atoms with E-state index >= 15 is 0 Å². The maximum atomic E-state index is 11.8. The van der Waals surface area contributed by atoms with Crippen LogP contribution in [0.25, 0.3) is 22.5 Å². The molecule has 0 saturated heterocycles. The average molecular weight is 333 g/mol. The van der Waals surface area contributed by atoms with Crippen LogP contribution in [-0.4, -0.2) is 27.9 Å². The Morgan fingerprint density at radius 3 is 2.56 bits per heavy atom. The van der Waals surface area contributed by atoms with Crippen molar-refractivity contribution in [2.75, 3.05) is 12.8 Å². The number of nitrogen functional groups attached to an aromatic ring is 1. The SMILES string of the molecule is CNC(=O)c1cc(-c2cc(-c3cc(N)ccc3C)nc(C)n2)ccn1. The third-order valence-corrected chi connectivity index (χ3v) is 3.89. The highest BCUT2D eigenvalue weighted by Crippen LogP contribution is 2.27. The van der Waals surface area contributed by atoms with E-state index in [4.69, 9.17) is 5.73 Å². The van der Waals surface area contributed by atoms with E-state index in [0.717, 1.165) is 28.1 Å². The van der Waals surface area contributed by atoms with Gasteiger partial charge in [-0.05, 0) is 49.7 Å². The smallest absolute Gasteiger partial charge is 0.269 e. The van der Waals surface area contributed by atoms with Crippen molar-refractivity contribution in [3.8, 4) is 22.5 Å². The van der Waals surface area contributed by atoms with Crippen LogP contribution in [0.2, 0.25) is 0 Å². The van der Waals surface area contributed by atoms with Gasteiger partial charge in [-0.1, -0.05) is 6.07 Å². The highest BCUT2D eigenvalue weighted by atomic mass is 16.1. The van der Waals surface area contributed by atoms with Crippen LogP contribution in [0.5, 0.6) is 0 Å². The van der Waals surface area contributed by atoms with E-state index in [9.17, 15) is 4.79 Å². The number of pyridine rings is 1. The molecule has 3 N–H and O–H groups in total. The molecular weight excluding hydrogens is 314 g/mol. The van der Waals surface area contributed by atoms with Gasteiger partial charge in [0.2, 0.25) is 0 Å². The summed E-state index contributed by atoms with van der Waals surface area (Å²) in [4.78, 5) is 25.0. The van der Waals surface area contributed by atoms with E-state index in [-0.39, 0.29) is 5.91 Å². The van der Waals surface area contributed by atoms with Gasteiger partial charge < -0.3 is 11.1 Å². The summed E-state index contributed by atoms with van der Waals surface area (Å²) in [6.07, 6.45) is 1.60. The number of nitrogens with zero attached hydrogens (tertiary/aromatic N) is 3. The average Bonchev–Trinajstić information content (AvgIpc) is 2.62. The second kappa shape index (κ2) is 6.68. The number of nitrogens with two attached hydrogens (primary N) is 1. The predicted octanol–water partition coefficient (Wildman–Crippen LogP) is 2.76. The maximum Gasteiger partial charge on any atom is 0.269 e. The number of hydrogen-bond acceptors (Lipinski definition) is 5. The van der Waals surface area contributed by atoms with E-state index in [1.54, 1.807) is 19.3 Å². The molecule has 0 bridgehead atoms. The molecule has 0 atom stereocenters. The molecule has 2 heterocycles. The van der Waals surface area contributed by atoms with Crippen LogP contribution in [0.3, 0.4) is 0 Å². The molecule has 2 aromatic heterocycles. The lowest BCUT2D eigenvalue weighted by Crippen LogP contribution is -2.19. The topological polar surface area (TPSA) is 93.8 Å². The number of benzene rings is 1. The zero-order chi connectivity index (χ0) is 18.0. The van der Waals surface area contributed by atoms with Gasteiger partial charge in [-0.2, -0.15) is 0 Å². The molecule has 25 heavy (non-hydrogen) atoms. The van der Waals surface area contributed by atoms with Crippen molar-refractivity contribution >= 4 is 11.6 Å². The van der Waals surface area contributed by atoms with Crippen LogP contribution in [0.4, 0.5) is 5.69 Å². The van der Waals surface area contributed by atoms with Crippen molar-refractivity contribution in [2.24, 2.45) is 0 Å². The van der Waals surface area contributed by atoms with Gasteiger partial charge in [-0.25, -0.2) is 9.97 Å². The largest absolute Gasteiger partial charge is 0.399 e. The van der Waals surface area contributed by atoms with Gasteiger partial charge in [0.25, 0.3) is 5.91 Å². The van der Waals surface area contributed by atoms with Crippen molar-refractivity contribution in [3.05, 3.63) is 59.7 Å². The molecule has 3 rings (SSSR count). The molecule has 1 aromatic carbocycles. The first-order chi connectivity index (χ1) is 12.0. The number of carbonyl (C=O) groups is 1. The lowest BCUT2D eigenvalue weighted by atomic mass is 10.0. The Balaban J connectivity index is 2.12. The molecule has 6 nitrogen and oxygen atoms in total. The number of hydrogen-bond donors (Lipinski definition) is 2. The molecule has 126 valence electrons. The number of anilines is 1. The lowest BCUT2D eigenvalue weighted by Gasteiger charge is -2.10. The van der Waals surface area contributed by atoms with Crippen LogP contribution in [0.15, 0.2) is 42.6 Å². The minimum Gasteiger partial charge on any atom is -0.399 e. The second-order valence-corrected chi connectivity index (χ2v) is 5.77. The maximum absolute atomic E-state index is 11.8. The molecule has 3 aromatic rings. The minimum absolute atomic E-state index is 0.237. The molecular formula is C19H19N5O. The standard InChI is InChI=1S/C19H19N5O/c1-11-4-5-14(20)9-15(11)17-10-16(23-12(2)24-17)13-6-7-22-18(8-13)19(25)21-3/h4-10H,20H2,1-3H3,(H,21,25). The van der Waals surface area contributed by atoms with Crippen LogP contribution in [0, 0.1) is 13.8 Å². The van der Waals surface area contributed by atoms with Gasteiger partial charge in [-0.15, -0.1) is 0 Å². The molecule has 0 saturated carbocycles. The highest BCUT2D eigenvalue weighted by Gasteiger charge is 2.11. The van der Waals surface area contributed by atoms with Gasteiger partial charge in [0.05, 0.1) is 11.4 Å². The molecule has 6 heteroatoms. The fourth-order valence-corrected chi connectivity index (χ4v) is 2.61. The summed E-state index contributed by atoms with van der Waals surface area (Å²) in [5.41, 5.74) is 11.3. The van der Waals surface area contributed by atoms with Crippen molar-refractivity contribution in [2.45, 2.75) is 13.8 Å². The van der Waals surface area contributed by atoms with Crippen molar-refractivity contribution in [1.82, 2.24) is 20.3 Å². The quantitative estimate of drug-likeness (QED) is 0.719. The number of rotatable bonds is 3. The molecule has 1 amide bonds. The van der Waals surface area contributed by atoms with E-state index in [1.807, 2.05) is 44.2 Å². The van der Waals surface area contributed by atoms with Crippen molar-refractivity contribution < 1.29 is 4.79 Å². The summed E-state index contributed by atoms with van der Waals surface area (Å²) >= 11 is 0. The monoisotopic (exact) mass is 333 g/mol. The summed E-state index contributed by atoms with van der Waals surface area (Å²) in [5, 5.41) is 2.57. The van der Waals surface area contributed by atoms with Crippen LogP contribution < -0.4 is 11.1 Å². The number of aromatic nitrogens is 3. The highest BCUT2D eigenvalue weighted by molar-refractivity contribution is 5.93. The third-order valence-electron chi connectivity index (χ3n) is 3.89. The number of carbonyl (C=O) groups excluding carboxylic acids is 1. The van der Waals surface area contributed by atoms with Gasteiger partial charge in [-0.3, -0.25) is 9.78 Å². The zero-order valence-corrected chi connectivity index (χ0v) is 14.4. The Kier molecular flexibility index (Phi) is 4.43. The molecule has 0 fully saturated rings. The molecule has 0 aliphatic carbocycles. The van der Waals surface area contributed by atoms with Crippen molar-refractivity contribution in [1.29, 1.82) is 0 Å². The first-order valence-electron chi connectivity index (χ1n) is 7.88. The summed E-state index contributed by atoms with van der Waals surface area (Å²) in [6, 6.07) is 11.2.